The van der Waals surface area contributed by atoms with Crippen molar-refractivity contribution in [3.63, 3.8) is 0 Å². The fourth-order valence-electron chi connectivity index (χ4n) is 2.96. The molecule has 1 aromatic carbocycles. The van der Waals surface area contributed by atoms with Crippen LogP contribution in [-0.2, 0) is 0 Å². The van der Waals surface area contributed by atoms with Crippen LogP contribution in [0.2, 0.25) is 5.02 Å². The van der Waals surface area contributed by atoms with Crippen LogP contribution in [-0.4, -0.2) is 31.1 Å². The van der Waals surface area contributed by atoms with Gasteiger partial charge in [0.05, 0.1) is 0 Å². The maximum Gasteiger partial charge on any atom is 0.129 e. The molecule has 1 N–H and O–H groups in total. The minimum atomic E-state index is -0.185. The molecule has 1 aliphatic heterocycles. The number of piperazine rings is 1. The van der Waals surface area contributed by atoms with E-state index in [0.29, 0.717) is 10.6 Å². The van der Waals surface area contributed by atoms with E-state index in [-0.39, 0.29) is 11.9 Å². The Morgan fingerprint density at radius 2 is 2.10 bits per heavy atom. The molecule has 0 amide bonds. The molecule has 1 atom stereocenters. The number of halogens is 2. The molecule has 0 aromatic heterocycles. The van der Waals surface area contributed by atoms with Gasteiger partial charge >= 0.3 is 0 Å². The normalized spacial score (nSPS) is 17.6. The first-order chi connectivity index (χ1) is 10.2. The predicted octanol–water partition coefficient (Wildman–Crippen LogP) is 4.17. The van der Waals surface area contributed by atoms with Gasteiger partial charge in [-0.15, -0.1) is 6.58 Å². The standard InChI is InChI=1S/C17H24ClFN2/c1-2-3-4-5-9-16(21-12-10-20-11-13-21)17-14(18)7-6-8-15(17)19/h2,6-8,16,20H,1,3-5,9-13H2/t16-/m1/s1. The molecule has 1 fully saturated rings. The van der Waals surface area contributed by atoms with Crippen LogP contribution in [0.15, 0.2) is 30.9 Å². The fourth-order valence-corrected chi connectivity index (χ4v) is 3.25. The van der Waals surface area contributed by atoms with Gasteiger partial charge in [-0.3, -0.25) is 4.90 Å². The molecule has 116 valence electrons. The molecule has 21 heavy (non-hydrogen) atoms. The number of nitrogens with one attached hydrogen (secondary N) is 1. The Morgan fingerprint density at radius 1 is 1.33 bits per heavy atom. The van der Waals surface area contributed by atoms with E-state index in [4.69, 9.17) is 11.6 Å². The third-order valence-corrected chi connectivity index (χ3v) is 4.39. The quantitative estimate of drug-likeness (QED) is 0.600. The van der Waals surface area contributed by atoms with Crippen LogP contribution in [0.1, 0.15) is 37.3 Å². The highest BCUT2D eigenvalue weighted by Gasteiger charge is 2.26. The van der Waals surface area contributed by atoms with Gasteiger partial charge in [0.25, 0.3) is 0 Å². The third-order valence-electron chi connectivity index (χ3n) is 4.06. The summed E-state index contributed by atoms with van der Waals surface area (Å²) in [5.41, 5.74) is 0.666. The zero-order valence-corrected chi connectivity index (χ0v) is 13.2. The lowest BCUT2D eigenvalue weighted by Crippen LogP contribution is -2.45. The van der Waals surface area contributed by atoms with Crippen molar-refractivity contribution in [2.45, 2.75) is 31.7 Å². The molecule has 0 spiro atoms. The van der Waals surface area contributed by atoms with Crippen molar-refractivity contribution in [3.05, 3.63) is 47.3 Å². The number of nitrogens with zero attached hydrogens (tertiary/aromatic N) is 1. The highest BCUT2D eigenvalue weighted by atomic mass is 35.5. The van der Waals surface area contributed by atoms with Crippen LogP contribution in [0.25, 0.3) is 0 Å². The molecule has 1 aliphatic rings. The van der Waals surface area contributed by atoms with Gasteiger partial charge < -0.3 is 5.32 Å². The van der Waals surface area contributed by atoms with Crippen LogP contribution in [0.3, 0.4) is 0 Å². The summed E-state index contributed by atoms with van der Waals surface area (Å²) < 4.78 is 14.3. The van der Waals surface area contributed by atoms with Gasteiger partial charge in [-0.2, -0.15) is 0 Å². The first-order valence-electron chi connectivity index (χ1n) is 7.73. The number of rotatable bonds is 7. The SMILES string of the molecule is C=CCCCC[C@H](c1c(F)cccc1Cl)N1CCNCC1. The van der Waals surface area contributed by atoms with Gasteiger partial charge in [-0.05, 0) is 31.4 Å². The van der Waals surface area contributed by atoms with E-state index in [9.17, 15) is 4.39 Å². The molecule has 4 heteroatoms. The average molecular weight is 311 g/mol. The Bertz CT molecular complexity index is 438. The minimum Gasteiger partial charge on any atom is -0.314 e. The topological polar surface area (TPSA) is 15.3 Å². The second-order valence-electron chi connectivity index (χ2n) is 5.51. The summed E-state index contributed by atoms with van der Waals surface area (Å²) in [6.45, 7) is 7.54. The summed E-state index contributed by atoms with van der Waals surface area (Å²) in [5, 5.41) is 3.89. The summed E-state index contributed by atoms with van der Waals surface area (Å²) >= 11 is 6.29. The maximum atomic E-state index is 14.3. The molecule has 1 saturated heterocycles. The average Bonchev–Trinajstić information content (AvgIpc) is 2.50. The first-order valence-corrected chi connectivity index (χ1v) is 8.11. The van der Waals surface area contributed by atoms with Gasteiger partial charge in [-0.1, -0.05) is 30.2 Å². The van der Waals surface area contributed by atoms with Crippen LogP contribution in [0.4, 0.5) is 4.39 Å². The molecule has 0 aliphatic carbocycles. The van der Waals surface area contributed by atoms with Gasteiger partial charge in [0.1, 0.15) is 5.82 Å². The summed E-state index contributed by atoms with van der Waals surface area (Å²) in [5.74, 6) is -0.185. The summed E-state index contributed by atoms with van der Waals surface area (Å²) in [4.78, 5) is 2.36. The van der Waals surface area contributed by atoms with Gasteiger partial charge in [0.15, 0.2) is 0 Å². The van der Waals surface area contributed by atoms with Gasteiger partial charge in [0, 0.05) is 42.8 Å². The van der Waals surface area contributed by atoms with Crippen molar-refractivity contribution in [3.8, 4) is 0 Å². The Labute approximate surface area is 132 Å². The van der Waals surface area contributed by atoms with Crippen molar-refractivity contribution in [2.75, 3.05) is 26.2 Å². The lowest BCUT2D eigenvalue weighted by Gasteiger charge is -2.36. The smallest absolute Gasteiger partial charge is 0.129 e. The molecule has 0 saturated carbocycles. The van der Waals surface area contributed by atoms with Crippen molar-refractivity contribution >= 4 is 11.6 Å². The molecular formula is C17H24ClFN2. The minimum absolute atomic E-state index is 0.0746. The largest absolute Gasteiger partial charge is 0.314 e. The monoisotopic (exact) mass is 310 g/mol. The van der Waals surface area contributed by atoms with E-state index in [2.05, 4.69) is 16.8 Å². The molecule has 2 nitrogen and oxygen atoms in total. The van der Waals surface area contributed by atoms with Crippen LogP contribution >= 0.6 is 11.6 Å². The molecule has 0 bridgehead atoms. The van der Waals surface area contributed by atoms with E-state index in [1.165, 1.54) is 6.07 Å². The van der Waals surface area contributed by atoms with Crippen molar-refractivity contribution in [1.29, 1.82) is 0 Å². The molecule has 0 radical (unpaired) electrons. The Kier molecular flexibility index (Phi) is 6.68. The summed E-state index contributed by atoms with van der Waals surface area (Å²) in [6.07, 6.45) is 6.05. The second kappa shape index (κ2) is 8.52. The van der Waals surface area contributed by atoms with Crippen molar-refractivity contribution in [2.24, 2.45) is 0 Å². The van der Waals surface area contributed by atoms with E-state index in [0.717, 1.165) is 51.9 Å². The Hall–Kier alpha value is -0.900. The van der Waals surface area contributed by atoms with E-state index < -0.39 is 0 Å². The Morgan fingerprint density at radius 3 is 2.76 bits per heavy atom. The highest BCUT2D eigenvalue weighted by Crippen LogP contribution is 2.34. The van der Waals surface area contributed by atoms with Gasteiger partial charge in [-0.25, -0.2) is 4.39 Å². The van der Waals surface area contributed by atoms with Crippen molar-refractivity contribution < 1.29 is 4.39 Å². The molecule has 1 aromatic rings. The maximum absolute atomic E-state index is 14.3. The van der Waals surface area contributed by atoms with Crippen molar-refractivity contribution in [1.82, 2.24) is 10.2 Å². The first kappa shape index (κ1) is 16.5. The van der Waals surface area contributed by atoms with Crippen LogP contribution < -0.4 is 5.32 Å². The van der Waals surface area contributed by atoms with Crippen LogP contribution in [0.5, 0.6) is 0 Å². The van der Waals surface area contributed by atoms with Crippen LogP contribution in [0, 0.1) is 5.82 Å². The van der Waals surface area contributed by atoms with Gasteiger partial charge in [0.2, 0.25) is 0 Å². The van der Waals surface area contributed by atoms with E-state index in [1.807, 2.05) is 6.08 Å². The lowest BCUT2D eigenvalue weighted by molar-refractivity contribution is 0.160. The lowest BCUT2D eigenvalue weighted by atomic mass is 9.97. The zero-order valence-electron chi connectivity index (χ0n) is 12.5. The zero-order chi connectivity index (χ0) is 15.1. The third kappa shape index (κ3) is 4.53. The molecular weight excluding hydrogens is 287 g/mol. The number of allylic oxidation sites excluding steroid dienone is 1. The Balaban J connectivity index is 2.15. The summed E-state index contributed by atoms with van der Waals surface area (Å²) in [7, 11) is 0. The summed E-state index contributed by atoms with van der Waals surface area (Å²) in [6, 6.07) is 5.05. The molecule has 1 heterocycles. The number of benzene rings is 1. The fraction of sp³-hybridized carbons (Fsp3) is 0.529. The van der Waals surface area contributed by atoms with E-state index in [1.54, 1.807) is 12.1 Å². The number of hydrogen-bond acceptors (Lipinski definition) is 2. The number of hydrogen-bond donors (Lipinski definition) is 1. The predicted molar refractivity (Wildman–Crippen MR) is 87.3 cm³/mol. The van der Waals surface area contributed by atoms with E-state index >= 15 is 0 Å². The second-order valence-corrected chi connectivity index (χ2v) is 5.92. The molecule has 2 rings (SSSR count). The number of unbranched alkanes of at least 4 members (excludes halogenated alkanes) is 2. The highest BCUT2D eigenvalue weighted by molar-refractivity contribution is 6.31. The molecule has 0 unspecified atom stereocenters.